The first-order valence-corrected chi connectivity index (χ1v) is 18.4. The summed E-state index contributed by atoms with van der Waals surface area (Å²) in [6.07, 6.45) is 3.75. The lowest BCUT2D eigenvalue weighted by Crippen LogP contribution is -2.55. The number of aryl methyl sites for hydroxylation is 1. The lowest BCUT2D eigenvalue weighted by Gasteiger charge is -2.43. The number of carbonyl (C=O) groups is 4. The normalized spacial score (nSPS) is 18.7. The van der Waals surface area contributed by atoms with E-state index in [1.165, 1.54) is 10.6 Å². The highest BCUT2D eigenvalue weighted by Gasteiger charge is 2.50. The SMILES string of the molecule is Cn1cccc(C(=O)NC2CCN(C(=O)[C@H]3CC[C@@](C(=O)N[C@@H](Cc4ccccc4)C(=O)OC(C)(C)C)(c4ccccc4)c4ccccc43)CC2)c1=O.S.S. The van der Waals surface area contributed by atoms with Gasteiger partial charge in [0.05, 0.1) is 11.3 Å². The molecule has 0 bridgehead atoms. The van der Waals surface area contributed by atoms with E-state index in [1.807, 2.05) is 89.8 Å². The number of likely N-dealkylation sites (tertiary alicyclic amines) is 1. The molecule has 3 amide bonds. The highest BCUT2D eigenvalue weighted by molar-refractivity contribution is 7.59. The minimum atomic E-state index is -1.17. The Morgan fingerprint density at radius 3 is 2.11 bits per heavy atom. The van der Waals surface area contributed by atoms with Gasteiger partial charge < -0.3 is 24.8 Å². The summed E-state index contributed by atoms with van der Waals surface area (Å²) in [5.74, 6) is -1.73. The van der Waals surface area contributed by atoms with Gasteiger partial charge in [-0.15, -0.1) is 0 Å². The molecule has 0 radical (unpaired) electrons. The van der Waals surface area contributed by atoms with Crippen LogP contribution in [0.5, 0.6) is 0 Å². The molecule has 6 rings (SSSR count). The first-order valence-electron chi connectivity index (χ1n) is 18.4. The summed E-state index contributed by atoms with van der Waals surface area (Å²) in [6, 6.07) is 28.8. The molecule has 1 saturated heterocycles. The second kappa shape index (κ2) is 18.2. The molecule has 4 aromatic rings. The van der Waals surface area contributed by atoms with E-state index < -0.39 is 34.9 Å². The number of carbonyl (C=O) groups excluding carboxylic acids is 4. The molecule has 1 aliphatic heterocycles. The van der Waals surface area contributed by atoms with Gasteiger partial charge in [0.2, 0.25) is 11.8 Å². The third-order valence-corrected chi connectivity index (χ3v) is 10.3. The molecule has 0 spiro atoms. The quantitative estimate of drug-likeness (QED) is 0.223. The zero-order valence-electron chi connectivity index (χ0n) is 31.8. The Kier molecular flexibility index (Phi) is 14.2. The molecule has 2 aliphatic rings. The number of nitrogens with zero attached hydrogens (tertiary/aromatic N) is 2. The fourth-order valence-electron chi connectivity index (χ4n) is 7.68. The van der Waals surface area contributed by atoms with Crippen molar-refractivity contribution >= 4 is 50.7 Å². The summed E-state index contributed by atoms with van der Waals surface area (Å²) >= 11 is 0. The van der Waals surface area contributed by atoms with Crippen LogP contribution in [-0.4, -0.2) is 63.9 Å². The van der Waals surface area contributed by atoms with E-state index in [4.69, 9.17) is 4.74 Å². The monoisotopic (exact) mass is 784 g/mol. The molecule has 2 N–H and O–H groups in total. The van der Waals surface area contributed by atoms with Crippen molar-refractivity contribution in [3.05, 3.63) is 141 Å². The lowest BCUT2D eigenvalue weighted by atomic mass is 9.62. The molecular weight excluding hydrogens is 733 g/mol. The Labute approximate surface area is 336 Å². The molecule has 3 atom stereocenters. The van der Waals surface area contributed by atoms with Crippen LogP contribution in [0.1, 0.15) is 85.0 Å². The largest absolute Gasteiger partial charge is 0.458 e. The van der Waals surface area contributed by atoms with Crippen molar-refractivity contribution in [1.82, 2.24) is 20.1 Å². The van der Waals surface area contributed by atoms with Crippen molar-refractivity contribution < 1.29 is 23.9 Å². The van der Waals surface area contributed by atoms with E-state index in [0.29, 0.717) is 38.8 Å². The smallest absolute Gasteiger partial charge is 0.329 e. The van der Waals surface area contributed by atoms with Gasteiger partial charge in [-0.25, -0.2) is 4.79 Å². The molecule has 55 heavy (non-hydrogen) atoms. The Bertz CT molecular complexity index is 2030. The maximum absolute atomic E-state index is 14.9. The molecule has 1 aliphatic carbocycles. The van der Waals surface area contributed by atoms with Crippen molar-refractivity contribution in [1.29, 1.82) is 0 Å². The fourth-order valence-corrected chi connectivity index (χ4v) is 7.68. The molecule has 2 heterocycles. The van der Waals surface area contributed by atoms with Crippen LogP contribution in [0.3, 0.4) is 0 Å². The van der Waals surface area contributed by atoms with E-state index in [0.717, 1.165) is 22.3 Å². The number of amides is 3. The molecular formula is C43H52N4O6S2. The zero-order chi connectivity index (χ0) is 37.8. The van der Waals surface area contributed by atoms with Crippen LogP contribution in [0, 0.1) is 0 Å². The maximum Gasteiger partial charge on any atom is 0.329 e. The summed E-state index contributed by atoms with van der Waals surface area (Å²) in [6.45, 7) is 6.32. The van der Waals surface area contributed by atoms with Crippen LogP contribution in [-0.2, 0) is 38.0 Å². The molecule has 3 aromatic carbocycles. The number of nitrogens with one attached hydrogen (secondary N) is 2. The van der Waals surface area contributed by atoms with Gasteiger partial charge in [-0.1, -0.05) is 84.9 Å². The van der Waals surface area contributed by atoms with Crippen molar-refractivity contribution in [2.24, 2.45) is 7.05 Å². The van der Waals surface area contributed by atoms with Crippen molar-refractivity contribution in [3.8, 4) is 0 Å². The predicted octanol–water partition coefficient (Wildman–Crippen LogP) is 5.26. The van der Waals surface area contributed by atoms with Crippen molar-refractivity contribution in [2.75, 3.05) is 13.1 Å². The summed E-state index contributed by atoms with van der Waals surface area (Å²) < 4.78 is 7.18. The van der Waals surface area contributed by atoms with Gasteiger partial charge in [0, 0.05) is 38.8 Å². The third kappa shape index (κ3) is 9.53. The Balaban J connectivity index is 0.00000336. The van der Waals surface area contributed by atoms with E-state index >= 15 is 0 Å². The van der Waals surface area contributed by atoms with Crippen LogP contribution in [0.4, 0.5) is 0 Å². The van der Waals surface area contributed by atoms with Crippen molar-refractivity contribution in [3.63, 3.8) is 0 Å². The second-order valence-electron chi connectivity index (χ2n) is 15.1. The van der Waals surface area contributed by atoms with Gasteiger partial charge in [0.15, 0.2) is 0 Å². The maximum atomic E-state index is 14.9. The number of hydrogen-bond acceptors (Lipinski definition) is 6. The number of esters is 1. The highest BCUT2D eigenvalue weighted by atomic mass is 32.1. The first kappa shape index (κ1) is 42.9. The average Bonchev–Trinajstić information content (AvgIpc) is 3.15. The van der Waals surface area contributed by atoms with Gasteiger partial charge in [0.25, 0.3) is 11.5 Å². The Morgan fingerprint density at radius 1 is 0.836 bits per heavy atom. The summed E-state index contributed by atoms with van der Waals surface area (Å²) in [5.41, 5.74) is 1.01. The first-order chi connectivity index (χ1) is 25.4. The summed E-state index contributed by atoms with van der Waals surface area (Å²) in [5, 5.41) is 6.10. The van der Waals surface area contributed by atoms with Gasteiger partial charge >= 0.3 is 5.97 Å². The molecule has 0 saturated carbocycles. The molecule has 1 fully saturated rings. The number of benzene rings is 3. The van der Waals surface area contributed by atoms with Crippen molar-refractivity contribution in [2.45, 2.75) is 81.9 Å². The molecule has 0 unspecified atom stereocenters. The summed E-state index contributed by atoms with van der Waals surface area (Å²) in [7, 11) is 1.61. The number of pyridine rings is 1. The van der Waals surface area contributed by atoms with Gasteiger partial charge in [-0.05, 0) is 80.8 Å². The topological polar surface area (TPSA) is 127 Å². The van der Waals surface area contributed by atoms with E-state index in [9.17, 15) is 24.0 Å². The van der Waals surface area contributed by atoms with Crippen LogP contribution in [0.2, 0.25) is 0 Å². The number of ether oxygens (including phenoxy) is 1. The fraction of sp³-hybridized carbons (Fsp3) is 0.372. The minimum absolute atomic E-state index is 0. The van der Waals surface area contributed by atoms with Gasteiger partial charge in [-0.2, -0.15) is 27.0 Å². The predicted molar refractivity (Wildman–Crippen MR) is 223 cm³/mol. The van der Waals surface area contributed by atoms with Gasteiger partial charge in [-0.3, -0.25) is 19.2 Å². The van der Waals surface area contributed by atoms with Crippen LogP contribution in [0.15, 0.2) is 108 Å². The highest BCUT2D eigenvalue weighted by Crippen LogP contribution is 2.48. The number of aromatic nitrogens is 1. The molecule has 1 aromatic heterocycles. The second-order valence-corrected chi connectivity index (χ2v) is 15.1. The number of piperidine rings is 1. The lowest BCUT2D eigenvalue weighted by molar-refractivity contribution is -0.159. The average molecular weight is 785 g/mol. The molecule has 10 nitrogen and oxygen atoms in total. The molecule has 292 valence electrons. The van der Waals surface area contributed by atoms with E-state index in [2.05, 4.69) is 10.6 Å². The van der Waals surface area contributed by atoms with Crippen LogP contribution < -0.4 is 16.2 Å². The third-order valence-electron chi connectivity index (χ3n) is 10.3. The van der Waals surface area contributed by atoms with E-state index in [1.54, 1.807) is 40.1 Å². The zero-order valence-corrected chi connectivity index (χ0v) is 33.8. The Morgan fingerprint density at radius 2 is 1.45 bits per heavy atom. The van der Waals surface area contributed by atoms with Gasteiger partial charge in [0.1, 0.15) is 17.2 Å². The van der Waals surface area contributed by atoms with E-state index in [-0.39, 0.29) is 62.4 Å². The number of rotatable bonds is 9. The Hall–Kier alpha value is -4.81. The van der Waals surface area contributed by atoms with Crippen LogP contribution >= 0.6 is 27.0 Å². The number of fused-ring (bicyclic) bond motifs is 1. The summed E-state index contributed by atoms with van der Waals surface area (Å²) in [4.78, 5) is 70.1. The minimum Gasteiger partial charge on any atom is -0.458 e. The standard InChI is InChI=1S/C43H48N4O6.2H2S/c1-42(2,3)53-40(51)36(28-29-14-7-5-8-15-29)45-41(52)43(30-16-9-6-10-17-30)24-21-33(32-18-11-12-20-35(32)43)39(50)47-26-22-31(23-27-47)44-37(48)34-19-13-25-46(4)38(34)49;;/h5-20,25,31,33,36H,21-24,26-28H2,1-4H3,(H,44,48)(H,45,52);2*1H2/t33-,36-,43+;;/m0../s1. The molecule has 12 heteroatoms. The number of hydrogen-bond donors (Lipinski definition) is 2. The van der Waals surface area contributed by atoms with Crippen LogP contribution in [0.25, 0.3) is 0 Å².